The highest BCUT2D eigenvalue weighted by Crippen LogP contribution is 2.27. The Morgan fingerprint density at radius 1 is 1.25 bits per heavy atom. The molecule has 0 fully saturated rings. The summed E-state index contributed by atoms with van der Waals surface area (Å²) in [6.45, 7) is 0.519. The molecule has 0 bridgehead atoms. The largest absolute Gasteiger partial charge is 0.497 e. The van der Waals surface area contributed by atoms with Gasteiger partial charge < -0.3 is 15.8 Å². The summed E-state index contributed by atoms with van der Waals surface area (Å²) < 4.78 is 5.24. The van der Waals surface area contributed by atoms with Gasteiger partial charge >= 0.3 is 0 Å². The topological polar surface area (TPSA) is 77.2 Å². The average molecular weight is 339 g/mol. The second kappa shape index (κ2) is 7.14. The van der Waals surface area contributed by atoms with Crippen LogP contribution in [-0.4, -0.2) is 18.0 Å². The van der Waals surface area contributed by atoms with Crippen molar-refractivity contribution in [1.29, 1.82) is 0 Å². The summed E-state index contributed by atoms with van der Waals surface area (Å²) in [4.78, 5) is 16.1. The van der Waals surface area contributed by atoms with Gasteiger partial charge in [-0.15, -0.1) is 11.3 Å². The number of hydrogen-bond donors (Lipinski definition) is 2. The van der Waals surface area contributed by atoms with Crippen LogP contribution in [0.4, 0.5) is 5.69 Å². The van der Waals surface area contributed by atoms with E-state index in [4.69, 9.17) is 10.5 Å². The van der Waals surface area contributed by atoms with Crippen LogP contribution in [-0.2, 0) is 6.54 Å². The third-order valence-electron chi connectivity index (χ3n) is 3.52. The summed E-state index contributed by atoms with van der Waals surface area (Å²) in [5.74, 6) is 0.353. The van der Waals surface area contributed by atoms with Gasteiger partial charge in [0.05, 0.1) is 24.9 Å². The number of para-hydroxylation sites is 1. The number of ether oxygens (including phenoxy) is 1. The van der Waals surface area contributed by atoms with Gasteiger partial charge in [0.2, 0.25) is 0 Å². The molecule has 0 atom stereocenters. The lowest BCUT2D eigenvalue weighted by atomic mass is 10.1. The summed E-state index contributed by atoms with van der Waals surface area (Å²) in [5.41, 5.74) is 8.49. The predicted molar refractivity (Wildman–Crippen MR) is 96.4 cm³/mol. The van der Waals surface area contributed by atoms with Crippen LogP contribution < -0.4 is 15.8 Å². The number of amides is 1. The summed E-state index contributed by atoms with van der Waals surface area (Å²) in [6, 6.07) is 15.0. The predicted octanol–water partition coefficient (Wildman–Crippen LogP) is 3.53. The third kappa shape index (κ3) is 3.55. The zero-order chi connectivity index (χ0) is 16.9. The lowest BCUT2D eigenvalue weighted by Gasteiger charge is -2.08. The first-order valence-electron chi connectivity index (χ1n) is 7.39. The fourth-order valence-electron chi connectivity index (χ4n) is 2.31. The second-order valence-electron chi connectivity index (χ2n) is 5.14. The average Bonchev–Trinajstić information content (AvgIpc) is 3.09. The minimum absolute atomic E-state index is 0.451. The molecule has 1 amide bonds. The van der Waals surface area contributed by atoms with E-state index in [0.717, 1.165) is 22.0 Å². The lowest BCUT2D eigenvalue weighted by Crippen LogP contribution is -2.14. The molecular weight excluding hydrogens is 322 g/mol. The molecule has 1 heterocycles. The number of carbonyl (C=O) groups is 1. The fraction of sp³-hybridized carbons (Fsp3) is 0.111. The smallest absolute Gasteiger partial charge is 0.250 e. The molecule has 24 heavy (non-hydrogen) atoms. The van der Waals surface area contributed by atoms with Gasteiger partial charge in [-0.05, 0) is 24.3 Å². The van der Waals surface area contributed by atoms with Crippen LogP contribution in [0.3, 0.4) is 0 Å². The normalized spacial score (nSPS) is 10.4. The van der Waals surface area contributed by atoms with Crippen molar-refractivity contribution in [3.63, 3.8) is 0 Å². The van der Waals surface area contributed by atoms with Crippen molar-refractivity contribution in [1.82, 2.24) is 4.98 Å². The Balaban J connectivity index is 1.74. The van der Waals surface area contributed by atoms with Gasteiger partial charge in [-0.2, -0.15) is 0 Å². The van der Waals surface area contributed by atoms with E-state index < -0.39 is 5.91 Å². The van der Waals surface area contributed by atoms with Crippen LogP contribution in [0, 0.1) is 0 Å². The number of nitrogens with two attached hydrogens (primary N) is 1. The van der Waals surface area contributed by atoms with Gasteiger partial charge in [0.25, 0.3) is 5.91 Å². The molecule has 0 radical (unpaired) electrons. The van der Waals surface area contributed by atoms with Gasteiger partial charge in [0.1, 0.15) is 10.8 Å². The van der Waals surface area contributed by atoms with E-state index in [1.54, 1.807) is 30.6 Å². The van der Waals surface area contributed by atoms with Gasteiger partial charge in [-0.1, -0.05) is 24.3 Å². The summed E-state index contributed by atoms with van der Waals surface area (Å²) in [7, 11) is 1.65. The van der Waals surface area contributed by atoms with Gasteiger partial charge in [-0.3, -0.25) is 4.79 Å². The molecule has 0 spiro atoms. The number of nitrogens with one attached hydrogen (secondary N) is 1. The highest BCUT2D eigenvalue weighted by molar-refractivity contribution is 7.13. The van der Waals surface area contributed by atoms with E-state index in [0.29, 0.717) is 17.8 Å². The van der Waals surface area contributed by atoms with E-state index in [2.05, 4.69) is 10.3 Å². The van der Waals surface area contributed by atoms with Gasteiger partial charge in [0, 0.05) is 16.6 Å². The van der Waals surface area contributed by atoms with E-state index in [1.165, 1.54) is 0 Å². The molecule has 5 nitrogen and oxygen atoms in total. The molecular formula is C18H17N3O2S. The number of carbonyl (C=O) groups excluding carboxylic acids is 1. The van der Waals surface area contributed by atoms with Gasteiger partial charge in [0.15, 0.2) is 0 Å². The van der Waals surface area contributed by atoms with E-state index >= 15 is 0 Å². The van der Waals surface area contributed by atoms with Crippen molar-refractivity contribution >= 4 is 22.9 Å². The monoisotopic (exact) mass is 339 g/mol. The number of hydrogen-bond acceptors (Lipinski definition) is 5. The van der Waals surface area contributed by atoms with E-state index in [1.807, 2.05) is 41.8 Å². The second-order valence-corrected chi connectivity index (χ2v) is 6.00. The molecule has 2 aromatic carbocycles. The summed E-state index contributed by atoms with van der Waals surface area (Å²) >= 11 is 1.57. The minimum Gasteiger partial charge on any atom is -0.497 e. The zero-order valence-electron chi connectivity index (χ0n) is 13.2. The Labute approximate surface area is 144 Å². The summed E-state index contributed by atoms with van der Waals surface area (Å²) in [6.07, 6.45) is 0. The Morgan fingerprint density at radius 2 is 2.08 bits per heavy atom. The molecule has 0 aliphatic carbocycles. The highest BCUT2D eigenvalue weighted by Gasteiger charge is 2.09. The number of anilines is 1. The van der Waals surface area contributed by atoms with Crippen LogP contribution in [0.15, 0.2) is 53.9 Å². The number of methoxy groups -OCH3 is 1. The maximum Gasteiger partial charge on any atom is 0.250 e. The van der Waals surface area contributed by atoms with Crippen LogP contribution in [0.25, 0.3) is 10.6 Å². The first-order chi connectivity index (χ1) is 11.7. The van der Waals surface area contributed by atoms with E-state index in [9.17, 15) is 4.79 Å². The maximum absolute atomic E-state index is 11.4. The van der Waals surface area contributed by atoms with Crippen molar-refractivity contribution < 1.29 is 9.53 Å². The maximum atomic E-state index is 11.4. The minimum atomic E-state index is -0.451. The van der Waals surface area contributed by atoms with E-state index in [-0.39, 0.29) is 0 Å². The Kier molecular flexibility index (Phi) is 4.77. The zero-order valence-corrected chi connectivity index (χ0v) is 14.0. The molecule has 0 unspecified atom stereocenters. The number of thiazole rings is 1. The first kappa shape index (κ1) is 16.0. The number of benzene rings is 2. The van der Waals surface area contributed by atoms with Crippen molar-refractivity contribution in [2.75, 3.05) is 12.4 Å². The first-order valence-corrected chi connectivity index (χ1v) is 8.27. The van der Waals surface area contributed by atoms with Crippen molar-refractivity contribution in [3.8, 4) is 16.3 Å². The lowest BCUT2D eigenvalue weighted by molar-refractivity contribution is 0.100. The van der Waals surface area contributed by atoms with Crippen LogP contribution in [0.2, 0.25) is 0 Å². The molecule has 3 aromatic rings. The number of rotatable bonds is 6. The Bertz CT molecular complexity index is 861. The molecule has 3 N–H and O–H groups in total. The molecule has 122 valence electrons. The van der Waals surface area contributed by atoms with Crippen molar-refractivity contribution in [2.45, 2.75) is 6.54 Å². The Hall–Kier alpha value is -2.86. The third-order valence-corrected chi connectivity index (χ3v) is 4.46. The number of nitrogens with zero attached hydrogens (tertiary/aromatic N) is 1. The standard InChI is InChI=1S/C18H17N3O2S/c1-23-14-6-4-5-12(9-14)18-21-13(11-24-18)10-20-16-8-3-2-7-15(16)17(19)22/h2-9,11,20H,10H2,1H3,(H2,19,22). The Morgan fingerprint density at radius 3 is 2.88 bits per heavy atom. The molecule has 1 aromatic heterocycles. The van der Waals surface area contributed by atoms with Crippen LogP contribution in [0.5, 0.6) is 5.75 Å². The summed E-state index contributed by atoms with van der Waals surface area (Å²) in [5, 5.41) is 6.14. The van der Waals surface area contributed by atoms with Crippen molar-refractivity contribution in [2.24, 2.45) is 5.73 Å². The fourth-order valence-corrected chi connectivity index (χ4v) is 3.13. The molecule has 6 heteroatoms. The van der Waals surface area contributed by atoms with Crippen LogP contribution >= 0.6 is 11.3 Å². The number of aromatic nitrogens is 1. The molecule has 0 aliphatic heterocycles. The van der Waals surface area contributed by atoms with Crippen molar-refractivity contribution in [3.05, 3.63) is 65.2 Å². The van der Waals surface area contributed by atoms with Crippen LogP contribution in [0.1, 0.15) is 16.1 Å². The molecule has 3 rings (SSSR count). The highest BCUT2D eigenvalue weighted by atomic mass is 32.1. The number of primary amides is 1. The molecule has 0 saturated carbocycles. The molecule has 0 aliphatic rings. The quantitative estimate of drug-likeness (QED) is 0.720. The SMILES string of the molecule is COc1cccc(-c2nc(CNc3ccccc3C(N)=O)cs2)c1. The van der Waals surface area contributed by atoms with Gasteiger partial charge in [-0.25, -0.2) is 4.98 Å². The molecule has 0 saturated heterocycles.